The number of benzene rings is 1. The first-order valence-corrected chi connectivity index (χ1v) is 7.69. The number of sulfone groups is 1. The van der Waals surface area contributed by atoms with Crippen molar-refractivity contribution in [1.82, 2.24) is 0 Å². The molecule has 1 aliphatic rings. The van der Waals surface area contributed by atoms with E-state index in [0.717, 1.165) is 6.07 Å². The molecule has 0 bridgehead atoms. The van der Waals surface area contributed by atoms with Crippen molar-refractivity contribution >= 4 is 21.5 Å². The number of carboxylic acid groups (broad SMARTS) is 1. The van der Waals surface area contributed by atoms with Crippen LogP contribution in [0.15, 0.2) is 18.2 Å². The minimum Gasteiger partial charge on any atom is -0.478 e. The zero-order chi connectivity index (χ0) is 14.0. The normalized spacial score (nSPS) is 19.0. The third-order valence-corrected chi connectivity index (χ3v) is 4.84. The first-order valence-electron chi connectivity index (χ1n) is 5.87. The van der Waals surface area contributed by atoms with Gasteiger partial charge in [-0.1, -0.05) is 0 Å². The zero-order valence-corrected chi connectivity index (χ0v) is 10.9. The molecule has 2 rings (SSSR count). The Kier molecular flexibility index (Phi) is 3.75. The number of hydrogen-bond acceptors (Lipinski definition) is 4. The fourth-order valence-electron chi connectivity index (χ4n) is 2.07. The van der Waals surface area contributed by atoms with Gasteiger partial charge in [0.05, 0.1) is 17.1 Å². The topological polar surface area (TPSA) is 83.5 Å². The van der Waals surface area contributed by atoms with Crippen LogP contribution >= 0.6 is 0 Å². The van der Waals surface area contributed by atoms with Crippen molar-refractivity contribution in [3.05, 3.63) is 29.6 Å². The van der Waals surface area contributed by atoms with Gasteiger partial charge in [0.2, 0.25) is 0 Å². The molecule has 19 heavy (non-hydrogen) atoms. The second-order valence-corrected chi connectivity index (χ2v) is 6.87. The highest BCUT2D eigenvalue weighted by Gasteiger charge is 2.24. The highest BCUT2D eigenvalue weighted by molar-refractivity contribution is 7.91. The summed E-state index contributed by atoms with van der Waals surface area (Å²) in [6.07, 6.45) is 0.859. The summed E-state index contributed by atoms with van der Waals surface area (Å²) in [7, 11) is -2.96. The molecule has 0 amide bonds. The Hall–Kier alpha value is -1.63. The van der Waals surface area contributed by atoms with E-state index in [-0.39, 0.29) is 23.1 Å². The van der Waals surface area contributed by atoms with Crippen LogP contribution in [-0.2, 0) is 9.84 Å². The van der Waals surface area contributed by atoms with Crippen LogP contribution in [-0.4, -0.2) is 37.0 Å². The smallest absolute Gasteiger partial charge is 0.337 e. The van der Waals surface area contributed by atoms with Gasteiger partial charge in [0.25, 0.3) is 0 Å². The maximum atomic E-state index is 13.0. The fraction of sp³-hybridized carbons (Fsp3) is 0.417. The molecule has 1 aromatic carbocycles. The van der Waals surface area contributed by atoms with E-state index in [4.69, 9.17) is 5.11 Å². The molecule has 7 heteroatoms. The predicted molar refractivity (Wildman–Crippen MR) is 68.7 cm³/mol. The number of anilines is 1. The van der Waals surface area contributed by atoms with Crippen molar-refractivity contribution in [2.24, 2.45) is 0 Å². The Bertz CT molecular complexity index is 586. The number of carbonyl (C=O) groups is 1. The van der Waals surface area contributed by atoms with E-state index in [1.54, 1.807) is 0 Å². The van der Waals surface area contributed by atoms with Gasteiger partial charge in [0.1, 0.15) is 15.7 Å². The molecule has 1 aromatic rings. The highest BCUT2D eigenvalue weighted by atomic mass is 32.2. The van der Waals surface area contributed by atoms with Crippen molar-refractivity contribution in [3.63, 3.8) is 0 Å². The van der Waals surface area contributed by atoms with Gasteiger partial charge < -0.3 is 10.4 Å². The number of nitrogens with one attached hydrogen (secondary N) is 1. The number of hydrogen-bond donors (Lipinski definition) is 2. The molecule has 0 aliphatic carbocycles. The maximum absolute atomic E-state index is 13.0. The third-order valence-electron chi connectivity index (χ3n) is 3.13. The summed E-state index contributed by atoms with van der Waals surface area (Å²) in [5.74, 6) is -1.65. The molecule has 0 radical (unpaired) electrons. The second kappa shape index (κ2) is 5.16. The molecule has 2 N–H and O–H groups in total. The standard InChI is InChI=1S/C12H14FNO4S/c13-8-1-2-11(10(7-8)12(15)16)14-9-3-5-19(17,18)6-4-9/h1-2,7,9,14H,3-6H2,(H,15,16). The van der Waals surface area contributed by atoms with Crippen LogP contribution in [0.5, 0.6) is 0 Å². The van der Waals surface area contributed by atoms with Gasteiger partial charge in [-0.15, -0.1) is 0 Å². The van der Waals surface area contributed by atoms with E-state index in [1.807, 2.05) is 0 Å². The van der Waals surface area contributed by atoms with Gasteiger partial charge in [0.15, 0.2) is 0 Å². The molecule has 0 unspecified atom stereocenters. The summed E-state index contributed by atoms with van der Waals surface area (Å²) in [5, 5.41) is 12.0. The molecule has 5 nitrogen and oxygen atoms in total. The lowest BCUT2D eigenvalue weighted by Crippen LogP contribution is -2.32. The first kappa shape index (κ1) is 13.8. The van der Waals surface area contributed by atoms with E-state index in [1.165, 1.54) is 12.1 Å². The van der Waals surface area contributed by atoms with Gasteiger partial charge in [-0.05, 0) is 31.0 Å². The Labute approximate surface area is 110 Å². The monoisotopic (exact) mass is 287 g/mol. The van der Waals surface area contributed by atoms with Gasteiger partial charge in [-0.25, -0.2) is 17.6 Å². The third kappa shape index (κ3) is 3.44. The van der Waals surface area contributed by atoms with Crippen LogP contribution in [0.2, 0.25) is 0 Å². The average molecular weight is 287 g/mol. The van der Waals surface area contributed by atoms with Gasteiger partial charge in [0, 0.05) is 11.7 Å². The molecule has 0 spiro atoms. The maximum Gasteiger partial charge on any atom is 0.337 e. The second-order valence-electron chi connectivity index (χ2n) is 4.57. The lowest BCUT2D eigenvalue weighted by atomic mass is 10.1. The van der Waals surface area contributed by atoms with Crippen LogP contribution in [0.1, 0.15) is 23.2 Å². The predicted octanol–water partition coefficient (Wildman–Crippen LogP) is 1.51. The zero-order valence-electron chi connectivity index (χ0n) is 10.1. The number of carboxylic acids is 1. The molecule has 0 atom stereocenters. The van der Waals surface area contributed by atoms with Crippen molar-refractivity contribution in [1.29, 1.82) is 0 Å². The number of rotatable bonds is 3. The lowest BCUT2D eigenvalue weighted by Gasteiger charge is -2.24. The van der Waals surface area contributed by atoms with Crippen molar-refractivity contribution < 1.29 is 22.7 Å². The average Bonchev–Trinajstić information content (AvgIpc) is 2.33. The van der Waals surface area contributed by atoms with Crippen molar-refractivity contribution in [2.45, 2.75) is 18.9 Å². The van der Waals surface area contributed by atoms with Crippen LogP contribution in [0, 0.1) is 5.82 Å². The summed E-state index contributed by atoms with van der Waals surface area (Å²) < 4.78 is 35.6. The summed E-state index contributed by atoms with van der Waals surface area (Å²) in [6, 6.07) is 3.38. The van der Waals surface area contributed by atoms with E-state index >= 15 is 0 Å². The minimum absolute atomic E-state index is 0.0915. The minimum atomic E-state index is -2.96. The molecular weight excluding hydrogens is 273 g/mol. The Balaban J connectivity index is 2.14. The van der Waals surface area contributed by atoms with Gasteiger partial charge in [-0.2, -0.15) is 0 Å². The van der Waals surface area contributed by atoms with Crippen molar-refractivity contribution in [3.8, 4) is 0 Å². The van der Waals surface area contributed by atoms with E-state index in [0.29, 0.717) is 18.5 Å². The molecule has 1 saturated heterocycles. The first-order chi connectivity index (χ1) is 8.87. The fourth-order valence-corrected chi connectivity index (χ4v) is 3.56. The summed E-state index contributed by atoms with van der Waals surface area (Å²) >= 11 is 0. The van der Waals surface area contributed by atoms with E-state index in [2.05, 4.69) is 5.32 Å². The SMILES string of the molecule is O=C(O)c1cc(F)ccc1NC1CCS(=O)(=O)CC1. The molecule has 1 fully saturated rings. The lowest BCUT2D eigenvalue weighted by molar-refractivity contribution is 0.0697. The number of aromatic carboxylic acids is 1. The molecule has 1 aliphatic heterocycles. The van der Waals surface area contributed by atoms with Crippen LogP contribution in [0.4, 0.5) is 10.1 Å². The molecule has 1 heterocycles. The Morgan fingerprint density at radius 3 is 2.53 bits per heavy atom. The van der Waals surface area contributed by atoms with Crippen LogP contribution < -0.4 is 5.32 Å². The molecule has 0 saturated carbocycles. The Morgan fingerprint density at radius 1 is 1.32 bits per heavy atom. The highest BCUT2D eigenvalue weighted by Crippen LogP contribution is 2.22. The van der Waals surface area contributed by atoms with Crippen molar-refractivity contribution in [2.75, 3.05) is 16.8 Å². The van der Waals surface area contributed by atoms with E-state index < -0.39 is 21.6 Å². The van der Waals surface area contributed by atoms with E-state index in [9.17, 15) is 17.6 Å². The van der Waals surface area contributed by atoms with Crippen LogP contribution in [0.3, 0.4) is 0 Å². The summed E-state index contributed by atoms with van der Waals surface area (Å²) in [5.41, 5.74) is 0.173. The summed E-state index contributed by atoms with van der Waals surface area (Å²) in [4.78, 5) is 11.0. The van der Waals surface area contributed by atoms with Gasteiger partial charge in [-0.3, -0.25) is 0 Å². The quantitative estimate of drug-likeness (QED) is 0.880. The summed E-state index contributed by atoms with van der Waals surface area (Å²) in [6.45, 7) is 0. The van der Waals surface area contributed by atoms with Crippen LogP contribution in [0.25, 0.3) is 0 Å². The molecule has 0 aromatic heterocycles. The molecular formula is C12H14FNO4S. The largest absolute Gasteiger partial charge is 0.478 e. The van der Waals surface area contributed by atoms with Gasteiger partial charge >= 0.3 is 5.97 Å². The number of halogens is 1. The Morgan fingerprint density at radius 2 is 1.95 bits per heavy atom. The molecule has 104 valence electrons.